The molecule has 0 spiro atoms. The lowest BCUT2D eigenvalue weighted by Crippen LogP contribution is -2.24. The third kappa shape index (κ3) is 2.18. The number of hydrogen-bond acceptors (Lipinski definition) is 3. The van der Waals surface area contributed by atoms with Gasteiger partial charge in [0.15, 0.2) is 0 Å². The minimum atomic E-state index is 0.101. The van der Waals surface area contributed by atoms with Crippen molar-refractivity contribution in [3.05, 3.63) is 46.8 Å². The Balaban J connectivity index is 2.15. The first-order valence-corrected chi connectivity index (χ1v) is 7.03. The van der Waals surface area contributed by atoms with Crippen LogP contribution in [0, 0.1) is 20.8 Å². The van der Waals surface area contributed by atoms with E-state index in [1.54, 1.807) is 0 Å². The SMILES string of the molecule is Cc1cc2c(c(-c3ccc(C)nc3C)c1)OC(CN)C2. The standard InChI is InChI=1S/C17H20N2O/c1-10-6-13-8-14(9-18)20-17(13)16(7-10)15-5-4-11(2)19-12(15)3/h4-7,14H,8-9,18H2,1-3H3. The highest BCUT2D eigenvalue weighted by Gasteiger charge is 2.25. The predicted molar refractivity (Wildman–Crippen MR) is 81.1 cm³/mol. The molecule has 0 saturated carbocycles. The number of nitrogens with zero attached hydrogens (tertiary/aromatic N) is 1. The minimum Gasteiger partial charge on any atom is -0.488 e. The first kappa shape index (κ1) is 13.1. The molecule has 20 heavy (non-hydrogen) atoms. The van der Waals surface area contributed by atoms with Gasteiger partial charge in [0.2, 0.25) is 0 Å². The lowest BCUT2D eigenvalue weighted by molar-refractivity contribution is 0.242. The van der Waals surface area contributed by atoms with E-state index in [0.29, 0.717) is 6.54 Å². The van der Waals surface area contributed by atoms with Gasteiger partial charge in [0.05, 0.1) is 0 Å². The second-order valence-corrected chi connectivity index (χ2v) is 5.57. The Morgan fingerprint density at radius 2 is 2.00 bits per heavy atom. The van der Waals surface area contributed by atoms with Crippen molar-refractivity contribution in [2.45, 2.75) is 33.3 Å². The van der Waals surface area contributed by atoms with Crippen molar-refractivity contribution in [2.24, 2.45) is 5.73 Å². The van der Waals surface area contributed by atoms with Crippen LogP contribution in [0.2, 0.25) is 0 Å². The number of pyridine rings is 1. The van der Waals surface area contributed by atoms with Gasteiger partial charge in [0, 0.05) is 35.5 Å². The molecule has 1 aliphatic heterocycles. The fourth-order valence-electron chi connectivity index (χ4n) is 2.90. The van der Waals surface area contributed by atoms with Crippen LogP contribution in [0.5, 0.6) is 5.75 Å². The monoisotopic (exact) mass is 268 g/mol. The number of nitrogens with two attached hydrogens (primary N) is 1. The number of fused-ring (bicyclic) bond motifs is 1. The van der Waals surface area contributed by atoms with Crippen LogP contribution in [0.25, 0.3) is 11.1 Å². The van der Waals surface area contributed by atoms with Crippen LogP contribution in [0.4, 0.5) is 0 Å². The Bertz CT molecular complexity index is 664. The molecule has 0 aliphatic carbocycles. The summed E-state index contributed by atoms with van der Waals surface area (Å²) < 4.78 is 6.03. The Morgan fingerprint density at radius 1 is 1.20 bits per heavy atom. The van der Waals surface area contributed by atoms with Crippen molar-refractivity contribution in [1.29, 1.82) is 0 Å². The molecule has 0 fully saturated rings. The molecule has 2 heterocycles. The highest BCUT2D eigenvalue weighted by molar-refractivity contribution is 5.75. The maximum absolute atomic E-state index is 6.03. The molecule has 2 aromatic rings. The van der Waals surface area contributed by atoms with Crippen molar-refractivity contribution in [1.82, 2.24) is 4.98 Å². The third-order valence-electron chi connectivity index (χ3n) is 3.82. The highest BCUT2D eigenvalue weighted by Crippen LogP contribution is 2.40. The number of ether oxygens (including phenoxy) is 1. The van der Waals surface area contributed by atoms with Crippen LogP contribution >= 0.6 is 0 Å². The maximum Gasteiger partial charge on any atom is 0.131 e. The number of aryl methyl sites for hydroxylation is 3. The van der Waals surface area contributed by atoms with E-state index in [2.05, 4.69) is 30.1 Å². The molecule has 1 unspecified atom stereocenters. The molecule has 3 nitrogen and oxygen atoms in total. The van der Waals surface area contributed by atoms with E-state index in [0.717, 1.165) is 34.7 Å². The first-order valence-electron chi connectivity index (χ1n) is 7.03. The summed E-state index contributed by atoms with van der Waals surface area (Å²) in [4.78, 5) is 4.56. The van der Waals surface area contributed by atoms with Crippen molar-refractivity contribution < 1.29 is 4.74 Å². The molecule has 0 bridgehead atoms. The average Bonchev–Trinajstić information content (AvgIpc) is 2.81. The van der Waals surface area contributed by atoms with Crippen LogP contribution in [0.15, 0.2) is 24.3 Å². The molecule has 1 aromatic heterocycles. The lowest BCUT2D eigenvalue weighted by atomic mass is 9.97. The molecule has 0 saturated heterocycles. The van der Waals surface area contributed by atoms with E-state index >= 15 is 0 Å². The van der Waals surface area contributed by atoms with E-state index in [4.69, 9.17) is 10.5 Å². The summed E-state index contributed by atoms with van der Waals surface area (Å²) in [7, 11) is 0. The molecule has 1 atom stereocenters. The van der Waals surface area contributed by atoms with Gasteiger partial charge in [-0.25, -0.2) is 0 Å². The van der Waals surface area contributed by atoms with Crippen LogP contribution < -0.4 is 10.5 Å². The molecule has 0 amide bonds. The van der Waals surface area contributed by atoms with Gasteiger partial charge in [-0.15, -0.1) is 0 Å². The van der Waals surface area contributed by atoms with Crippen LogP contribution in [0.1, 0.15) is 22.5 Å². The zero-order valence-electron chi connectivity index (χ0n) is 12.2. The molecule has 0 radical (unpaired) electrons. The predicted octanol–water partition coefficient (Wildman–Crippen LogP) is 2.94. The van der Waals surface area contributed by atoms with Crippen LogP contribution in [-0.4, -0.2) is 17.6 Å². The van der Waals surface area contributed by atoms with E-state index in [-0.39, 0.29) is 6.10 Å². The summed E-state index contributed by atoms with van der Waals surface area (Å²) in [6.07, 6.45) is 1.00. The Labute approximate surface area is 119 Å². The third-order valence-corrected chi connectivity index (χ3v) is 3.82. The summed E-state index contributed by atoms with van der Waals surface area (Å²) >= 11 is 0. The zero-order chi connectivity index (χ0) is 14.3. The average molecular weight is 268 g/mol. The summed E-state index contributed by atoms with van der Waals surface area (Å²) in [5.41, 5.74) is 12.6. The van der Waals surface area contributed by atoms with Crippen LogP contribution in [-0.2, 0) is 6.42 Å². The fraction of sp³-hybridized carbons (Fsp3) is 0.353. The Morgan fingerprint density at radius 3 is 2.70 bits per heavy atom. The normalized spacial score (nSPS) is 16.9. The smallest absolute Gasteiger partial charge is 0.131 e. The van der Waals surface area contributed by atoms with E-state index < -0.39 is 0 Å². The molecule has 3 rings (SSSR count). The maximum atomic E-state index is 6.03. The number of rotatable bonds is 2. The van der Waals surface area contributed by atoms with Crippen molar-refractivity contribution >= 4 is 0 Å². The Kier molecular flexibility index (Phi) is 3.22. The van der Waals surface area contributed by atoms with Gasteiger partial charge >= 0.3 is 0 Å². The largest absolute Gasteiger partial charge is 0.488 e. The van der Waals surface area contributed by atoms with Gasteiger partial charge in [-0.1, -0.05) is 12.1 Å². The van der Waals surface area contributed by atoms with Crippen molar-refractivity contribution in [3.8, 4) is 16.9 Å². The van der Waals surface area contributed by atoms with Crippen LogP contribution in [0.3, 0.4) is 0 Å². The van der Waals surface area contributed by atoms with Gasteiger partial charge in [-0.05, 0) is 44.0 Å². The number of hydrogen-bond donors (Lipinski definition) is 1. The molecule has 1 aliphatic rings. The number of benzene rings is 1. The summed E-state index contributed by atoms with van der Waals surface area (Å²) in [6, 6.07) is 8.56. The topological polar surface area (TPSA) is 48.1 Å². The van der Waals surface area contributed by atoms with Gasteiger partial charge in [0.25, 0.3) is 0 Å². The summed E-state index contributed by atoms with van der Waals surface area (Å²) in [6.45, 7) is 6.74. The molecular weight excluding hydrogens is 248 g/mol. The van der Waals surface area contributed by atoms with Gasteiger partial charge < -0.3 is 10.5 Å². The highest BCUT2D eigenvalue weighted by atomic mass is 16.5. The molecule has 1 aromatic carbocycles. The quantitative estimate of drug-likeness (QED) is 0.911. The zero-order valence-corrected chi connectivity index (χ0v) is 12.2. The number of aromatic nitrogens is 1. The second-order valence-electron chi connectivity index (χ2n) is 5.57. The summed E-state index contributed by atoms with van der Waals surface area (Å²) in [5.74, 6) is 0.986. The Hall–Kier alpha value is -1.87. The fourth-order valence-corrected chi connectivity index (χ4v) is 2.90. The van der Waals surface area contributed by atoms with Gasteiger partial charge in [-0.3, -0.25) is 4.98 Å². The van der Waals surface area contributed by atoms with Crippen molar-refractivity contribution in [3.63, 3.8) is 0 Å². The molecule has 104 valence electrons. The van der Waals surface area contributed by atoms with Gasteiger partial charge in [0.1, 0.15) is 11.9 Å². The van der Waals surface area contributed by atoms with Crippen molar-refractivity contribution in [2.75, 3.05) is 6.54 Å². The molecule has 2 N–H and O–H groups in total. The molecule has 3 heteroatoms. The lowest BCUT2D eigenvalue weighted by Gasteiger charge is -2.13. The van der Waals surface area contributed by atoms with E-state index in [1.165, 1.54) is 11.1 Å². The minimum absolute atomic E-state index is 0.101. The summed E-state index contributed by atoms with van der Waals surface area (Å²) in [5, 5.41) is 0. The van der Waals surface area contributed by atoms with Gasteiger partial charge in [-0.2, -0.15) is 0 Å². The first-order chi connectivity index (χ1) is 9.58. The van der Waals surface area contributed by atoms with E-state index in [1.807, 2.05) is 19.9 Å². The second kappa shape index (κ2) is 4.91. The molecular formula is C17H20N2O. The van der Waals surface area contributed by atoms with E-state index in [9.17, 15) is 0 Å².